The molecule has 0 heterocycles. The van der Waals surface area contributed by atoms with Crippen LogP contribution in [0.1, 0.15) is 24.1 Å². The number of nitrogens with zero attached hydrogens (tertiary/aromatic N) is 1. The van der Waals surface area contributed by atoms with Gasteiger partial charge < -0.3 is 10.1 Å². The van der Waals surface area contributed by atoms with Crippen LogP contribution >= 0.6 is 34.8 Å². The Morgan fingerprint density at radius 1 is 1.00 bits per heavy atom. The quantitative estimate of drug-likeness (QED) is 0.376. The van der Waals surface area contributed by atoms with Gasteiger partial charge in [0.1, 0.15) is 5.75 Å². The molecule has 0 aromatic heterocycles. The number of carbonyl (C=O) groups is 1. The van der Waals surface area contributed by atoms with Crippen molar-refractivity contribution in [3.8, 4) is 5.75 Å². The van der Waals surface area contributed by atoms with E-state index in [-0.39, 0.29) is 16.5 Å². The number of carbonyl (C=O) groups excluding carboxylic acids is 1. The van der Waals surface area contributed by atoms with Gasteiger partial charge in [0, 0.05) is 17.1 Å². The molecule has 0 spiro atoms. The van der Waals surface area contributed by atoms with Crippen molar-refractivity contribution in [2.75, 3.05) is 13.7 Å². The molecule has 0 aliphatic heterocycles. The fourth-order valence-electron chi connectivity index (χ4n) is 3.37. The predicted molar refractivity (Wildman–Crippen MR) is 135 cm³/mol. The highest BCUT2D eigenvalue weighted by Gasteiger charge is 2.28. The van der Waals surface area contributed by atoms with Crippen LogP contribution in [-0.4, -0.2) is 32.3 Å². The normalized spacial score (nSPS) is 12.4. The summed E-state index contributed by atoms with van der Waals surface area (Å²) in [5.74, 6) is 0.146. The minimum absolute atomic E-state index is 0.0162. The molecule has 0 aliphatic carbocycles. The lowest BCUT2D eigenvalue weighted by atomic mass is 10.1. The number of sulfonamides is 1. The minimum Gasteiger partial charge on any atom is -0.496 e. The van der Waals surface area contributed by atoms with E-state index in [0.717, 1.165) is 9.87 Å². The first-order valence-corrected chi connectivity index (χ1v) is 12.8. The monoisotopic (exact) mass is 540 g/mol. The molecular weight excluding hydrogens is 519 g/mol. The van der Waals surface area contributed by atoms with Gasteiger partial charge in [0.05, 0.1) is 34.6 Å². The van der Waals surface area contributed by atoms with Gasteiger partial charge in [-0.25, -0.2) is 8.42 Å². The zero-order valence-corrected chi connectivity index (χ0v) is 21.5. The van der Waals surface area contributed by atoms with E-state index in [4.69, 9.17) is 39.5 Å². The van der Waals surface area contributed by atoms with Crippen LogP contribution in [0.3, 0.4) is 0 Å². The molecule has 1 amide bonds. The number of rotatable bonds is 9. The first-order chi connectivity index (χ1) is 16.1. The number of nitrogens with one attached hydrogen (secondary N) is 1. The van der Waals surface area contributed by atoms with E-state index in [9.17, 15) is 13.2 Å². The summed E-state index contributed by atoms with van der Waals surface area (Å²) in [5, 5.41) is 3.89. The molecule has 1 N–H and O–H groups in total. The van der Waals surface area contributed by atoms with E-state index in [2.05, 4.69) is 5.32 Å². The summed E-state index contributed by atoms with van der Waals surface area (Å²) < 4.78 is 33.3. The molecular formula is C24H23Cl3N2O4S. The number of amides is 1. The van der Waals surface area contributed by atoms with E-state index in [1.165, 1.54) is 24.3 Å². The van der Waals surface area contributed by atoms with E-state index in [1.807, 2.05) is 18.2 Å². The molecule has 6 nitrogen and oxygen atoms in total. The molecule has 1 atom stereocenters. The molecule has 3 aromatic carbocycles. The van der Waals surface area contributed by atoms with Gasteiger partial charge in [-0.05, 0) is 55.0 Å². The van der Waals surface area contributed by atoms with Crippen molar-refractivity contribution >= 4 is 50.7 Å². The van der Waals surface area contributed by atoms with Gasteiger partial charge in [0.15, 0.2) is 0 Å². The lowest BCUT2D eigenvalue weighted by Gasteiger charge is -2.24. The van der Waals surface area contributed by atoms with Crippen molar-refractivity contribution in [3.05, 3.63) is 92.9 Å². The van der Waals surface area contributed by atoms with Crippen molar-refractivity contribution < 1.29 is 17.9 Å². The van der Waals surface area contributed by atoms with Crippen molar-refractivity contribution in [1.29, 1.82) is 0 Å². The second-order valence-corrected chi connectivity index (χ2v) is 10.7. The minimum atomic E-state index is -4.03. The maximum atomic E-state index is 13.4. The van der Waals surface area contributed by atoms with Crippen molar-refractivity contribution in [3.63, 3.8) is 0 Å². The highest BCUT2D eigenvalue weighted by Crippen LogP contribution is 2.27. The smallest absolute Gasteiger partial charge is 0.243 e. The SMILES string of the molecule is COc1ccccc1[C@@H](C)NC(=O)CN(Cc1ccc(Cl)c(Cl)c1)S(=O)(=O)c1ccc(Cl)cc1. The lowest BCUT2D eigenvalue weighted by molar-refractivity contribution is -0.122. The summed E-state index contributed by atoms with van der Waals surface area (Å²) in [7, 11) is -2.49. The van der Waals surface area contributed by atoms with E-state index in [1.54, 1.807) is 38.3 Å². The van der Waals surface area contributed by atoms with Crippen LogP contribution in [0.25, 0.3) is 0 Å². The van der Waals surface area contributed by atoms with Crippen LogP contribution in [0.15, 0.2) is 71.6 Å². The number of halogens is 3. The summed E-state index contributed by atoms with van der Waals surface area (Å²) in [6, 6.07) is 17.5. The molecule has 180 valence electrons. The molecule has 0 saturated heterocycles. The van der Waals surface area contributed by atoms with Crippen LogP contribution in [0.4, 0.5) is 0 Å². The molecule has 3 aromatic rings. The average molecular weight is 542 g/mol. The molecule has 0 aliphatic rings. The Bertz CT molecular complexity index is 1270. The Hall–Kier alpha value is -2.29. The van der Waals surface area contributed by atoms with Crippen LogP contribution in [0.2, 0.25) is 15.1 Å². The Morgan fingerprint density at radius 2 is 1.68 bits per heavy atom. The van der Waals surface area contributed by atoms with Gasteiger partial charge in [-0.3, -0.25) is 4.79 Å². The number of para-hydroxylation sites is 1. The second kappa shape index (κ2) is 11.4. The van der Waals surface area contributed by atoms with E-state index < -0.39 is 28.5 Å². The van der Waals surface area contributed by atoms with E-state index in [0.29, 0.717) is 21.4 Å². The number of ether oxygens (including phenoxy) is 1. The average Bonchev–Trinajstić information content (AvgIpc) is 2.81. The molecule has 0 unspecified atom stereocenters. The van der Waals surface area contributed by atoms with Crippen molar-refractivity contribution in [1.82, 2.24) is 9.62 Å². The van der Waals surface area contributed by atoms with Crippen LogP contribution in [-0.2, 0) is 21.4 Å². The van der Waals surface area contributed by atoms with Gasteiger partial charge in [-0.15, -0.1) is 0 Å². The highest BCUT2D eigenvalue weighted by atomic mass is 35.5. The van der Waals surface area contributed by atoms with Crippen molar-refractivity contribution in [2.24, 2.45) is 0 Å². The first kappa shape index (κ1) is 26.3. The van der Waals surface area contributed by atoms with Crippen LogP contribution in [0, 0.1) is 0 Å². The summed E-state index contributed by atoms with van der Waals surface area (Å²) in [6.07, 6.45) is 0. The van der Waals surface area contributed by atoms with Gasteiger partial charge in [-0.2, -0.15) is 4.31 Å². The first-order valence-electron chi connectivity index (χ1n) is 10.2. The third kappa shape index (κ3) is 6.43. The Balaban J connectivity index is 1.87. The topological polar surface area (TPSA) is 75.7 Å². The predicted octanol–water partition coefficient (Wildman–Crippen LogP) is 5.72. The fourth-order valence-corrected chi connectivity index (χ4v) is 5.20. The van der Waals surface area contributed by atoms with E-state index >= 15 is 0 Å². The molecule has 3 rings (SSSR count). The summed E-state index contributed by atoms with van der Waals surface area (Å²) in [6.45, 7) is 1.30. The summed E-state index contributed by atoms with van der Waals surface area (Å²) in [5.41, 5.74) is 1.35. The van der Waals surface area contributed by atoms with Crippen LogP contribution < -0.4 is 10.1 Å². The Labute approximate surface area is 214 Å². The third-order valence-corrected chi connectivity index (χ3v) is 7.89. The Kier molecular flexibility index (Phi) is 8.84. The molecule has 10 heteroatoms. The van der Waals surface area contributed by atoms with Gasteiger partial charge in [-0.1, -0.05) is 59.1 Å². The second-order valence-electron chi connectivity index (χ2n) is 7.51. The number of methoxy groups -OCH3 is 1. The molecule has 0 radical (unpaired) electrons. The number of hydrogen-bond donors (Lipinski definition) is 1. The summed E-state index contributed by atoms with van der Waals surface area (Å²) in [4.78, 5) is 13.0. The van der Waals surface area contributed by atoms with Crippen molar-refractivity contribution in [2.45, 2.75) is 24.4 Å². The molecule has 0 bridgehead atoms. The van der Waals surface area contributed by atoms with Gasteiger partial charge in [0.2, 0.25) is 15.9 Å². The maximum Gasteiger partial charge on any atom is 0.243 e. The molecule has 0 saturated carbocycles. The van der Waals surface area contributed by atoms with Gasteiger partial charge >= 0.3 is 0 Å². The molecule has 0 fully saturated rings. The fraction of sp³-hybridized carbons (Fsp3) is 0.208. The summed E-state index contributed by atoms with van der Waals surface area (Å²) >= 11 is 18.0. The number of benzene rings is 3. The third-order valence-electron chi connectivity index (χ3n) is 5.10. The lowest BCUT2D eigenvalue weighted by Crippen LogP contribution is -2.41. The maximum absolute atomic E-state index is 13.4. The zero-order valence-electron chi connectivity index (χ0n) is 18.5. The standard InChI is InChI=1S/C24H23Cl3N2O4S/c1-16(20-5-3-4-6-23(20)33-2)28-24(30)15-29(14-17-7-12-21(26)22(27)13-17)34(31,32)19-10-8-18(25)9-11-19/h3-13,16H,14-15H2,1-2H3,(H,28,30)/t16-/m1/s1. The zero-order chi connectivity index (χ0) is 24.9. The van der Waals surface area contributed by atoms with Crippen LogP contribution in [0.5, 0.6) is 5.75 Å². The Morgan fingerprint density at radius 3 is 2.32 bits per heavy atom. The highest BCUT2D eigenvalue weighted by molar-refractivity contribution is 7.89. The number of hydrogen-bond acceptors (Lipinski definition) is 4. The largest absolute Gasteiger partial charge is 0.496 e. The molecule has 34 heavy (non-hydrogen) atoms. The van der Waals surface area contributed by atoms with Gasteiger partial charge in [0.25, 0.3) is 0 Å².